The molecule has 3 heteroatoms. The fraction of sp³-hybridized carbons (Fsp3) is 0.533. The molecular weight excluding hydrogens is 224 g/mol. The highest BCUT2D eigenvalue weighted by atomic mass is 16.1. The predicted octanol–water partition coefficient (Wildman–Crippen LogP) is 2.69. The predicted molar refractivity (Wildman–Crippen MR) is 75.2 cm³/mol. The van der Waals surface area contributed by atoms with Crippen molar-refractivity contribution < 1.29 is 4.79 Å². The van der Waals surface area contributed by atoms with Crippen molar-refractivity contribution in [2.45, 2.75) is 52.1 Å². The van der Waals surface area contributed by atoms with Crippen LogP contribution in [-0.2, 0) is 4.79 Å². The van der Waals surface area contributed by atoms with Crippen LogP contribution >= 0.6 is 0 Å². The van der Waals surface area contributed by atoms with Crippen LogP contribution in [-0.4, -0.2) is 11.9 Å². The van der Waals surface area contributed by atoms with Gasteiger partial charge in [-0.2, -0.15) is 0 Å². The molecule has 0 saturated heterocycles. The Morgan fingerprint density at radius 3 is 2.78 bits per heavy atom. The van der Waals surface area contributed by atoms with Crippen molar-refractivity contribution in [3.63, 3.8) is 0 Å². The van der Waals surface area contributed by atoms with Crippen molar-refractivity contribution in [2.75, 3.05) is 0 Å². The molecule has 100 valence electrons. The summed E-state index contributed by atoms with van der Waals surface area (Å²) in [6.07, 6.45) is 2.32. The van der Waals surface area contributed by atoms with E-state index in [1.165, 1.54) is 5.56 Å². The Bertz CT molecular complexity index is 390. The Morgan fingerprint density at radius 2 is 2.17 bits per heavy atom. The molecule has 1 amide bonds. The third-order valence-corrected chi connectivity index (χ3v) is 3.03. The Hall–Kier alpha value is -1.35. The standard InChI is InChI=1S/C15H24N2O/c1-4-6-14(16)10-15(18)17-12(3)13-8-5-7-11(2)9-13/h5,7-9,12,14H,4,6,10,16H2,1-3H3,(H,17,18)/t12-,14?/m1/s1. The third kappa shape index (κ3) is 4.88. The maximum Gasteiger partial charge on any atom is 0.222 e. The van der Waals surface area contributed by atoms with Gasteiger partial charge in [0.2, 0.25) is 5.91 Å². The topological polar surface area (TPSA) is 55.1 Å². The van der Waals surface area contributed by atoms with Crippen LogP contribution < -0.4 is 11.1 Å². The minimum absolute atomic E-state index is 0.0280. The summed E-state index contributed by atoms with van der Waals surface area (Å²) in [6.45, 7) is 6.13. The molecular formula is C15H24N2O. The second-order valence-corrected chi connectivity index (χ2v) is 4.96. The van der Waals surface area contributed by atoms with Gasteiger partial charge >= 0.3 is 0 Å². The molecule has 0 radical (unpaired) electrons. The molecule has 1 aromatic carbocycles. The molecule has 2 atom stereocenters. The number of benzene rings is 1. The van der Waals surface area contributed by atoms with Crippen LogP contribution in [0.2, 0.25) is 0 Å². The Morgan fingerprint density at radius 1 is 1.44 bits per heavy atom. The lowest BCUT2D eigenvalue weighted by molar-refractivity contribution is -0.122. The number of rotatable bonds is 6. The average Bonchev–Trinajstić information content (AvgIpc) is 2.28. The van der Waals surface area contributed by atoms with Crippen LogP contribution in [0.15, 0.2) is 24.3 Å². The first kappa shape index (κ1) is 14.7. The van der Waals surface area contributed by atoms with Crippen molar-refractivity contribution in [1.82, 2.24) is 5.32 Å². The number of carbonyl (C=O) groups excluding carboxylic acids is 1. The van der Waals surface area contributed by atoms with E-state index < -0.39 is 0 Å². The molecule has 0 fully saturated rings. The van der Waals surface area contributed by atoms with E-state index in [0.29, 0.717) is 6.42 Å². The van der Waals surface area contributed by atoms with Crippen molar-refractivity contribution in [3.05, 3.63) is 35.4 Å². The first-order valence-corrected chi connectivity index (χ1v) is 6.64. The Balaban J connectivity index is 2.49. The van der Waals surface area contributed by atoms with Crippen LogP contribution in [0.3, 0.4) is 0 Å². The number of hydrogen-bond acceptors (Lipinski definition) is 2. The molecule has 1 aromatic rings. The zero-order valence-electron chi connectivity index (χ0n) is 11.6. The summed E-state index contributed by atoms with van der Waals surface area (Å²) in [5.74, 6) is 0.0324. The summed E-state index contributed by atoms with van der Waals surface area (Å²) in [4.78, 5) is 11.8. The molecule has 0 heterocycles. The van der Waals surface area contributed by atoms with Crippen LogP contribution in [0, 0.1) is 6.92 Å². The Kier molecular flexibility index (Phi) is 5.86. The highest BCUT2D eigenvalue weighted by Crippen LogP contribution is 2.14. The quantitative estimate of drug-likeness (QED) is 0.813. The average molecular weight is 248 g/mol. The molecule has 3 nitrogen and oxygen atoms in total. The van der Waals surface area contributed by atoms with E-state index in [1.54, 1.807) is 0 Å². The van der Waals surface area contributed by atoms with Gasteiger partial charge in [-0.1, -0.05) is 43.2 Å². The molecule has 1 rings (SSSR count). The maximum atomic E-state index is 11.8. The van der Waals surface area contributed by atoms with Gasteiger partial charge in [-0.15, -0.1) is 0 Å². The van der Waals surface area contributed by atoms with E-state index in [4.69, 9.17) is 5.73 Å². The summed E-state index contributed by atoms with van der Waals surface area (Å²) in [5.41, 5.74) is 8.20. The second kappa shape index (κ2) is 7.17. The van der Waals surface area contributed by atoms with Gasteiger partial charge in [0.1, 0.15) is 0 Å². The van der Waals surface area contributed by atoms with Crippen LogP contribution in [0.25, 0.3) is 0 Å². The molecule has 1 unspecified atom stereocenters. The van der Waals surface area contributed by atoms with E-state index in [0.717, 1.165) is 18.4 Å². The zero-order valence-corrected chi connectivity index (χ0v) is 11.6. The number of nitrogens with one attached hydrogen (secondary N) is 1. The van der Waals surface area contributed by atoms with Gasteiger partial charge in [0.05, 0.1) is 6.04 Å². The monoisotopic (exact) mass is 248 g/mol. The Labute approximate surface area is 110 Å². The van der Waals surface area contributed by atoms with Gasteiger partial charge in [-0.05, 0) is 25.8 Å². The van der Waals surface area contributed by atoms with Crippen molar-refractivity contribution in [2.24, 2.45) is 5.73 Å². The van der Waals surface area contributed by atoms with E-state index in [1.807, 2.05) is 19.1 Å². The molecule has 3 N–H and O–H groups in total. The van der Waals surface area contributed by atoms with Crippen LogP contribution in [0.5, 0.6) is 0 Å². The third-order valence-electron chi connectivity index (χ3n) is 3.03. The van der Waals surface area contributed by atoms with Crippen LogP contribution in [0.1, 0.15) is 50.3 Å². The number of amides is 1. The SMILES string of the molecule is CCCC(N)CC(=O)N[C@H](C)c1cccc(C)c1. The molecule has 0 spiro atoms. The molecule has 0 aliphatic rings. The van der Waals surface area contributed by atoms with Gasteiger partial charge in [0.15, 0.2) is 0 Å². The first-order valence-electron chi connectivity index (χ1n) is 6.64. The van der Waals surface area contributed by atoms with Gasteiger partial charge in [0.25, 0.3) is 0 Å². The highest BCUT2D eigenvalue weighted by Gasteiger charge is 2.12. The zero-order chi connectivity index (χ0) is 13.5. The van der Waals surface area contributed by atoms with E-state index in [2.05, 4.69) is 31.3 Å². The summed E-state index contributed by atoms with van der Waals surface area (Å²) in [6, 6.07) is 8.19. The summed E-state index contributed by atoms with van der Waals surface area (Å²) in [7, 11) is 0. The fourth-order valence-electron chi connectivity index (χ4n) is 2.03. The van der Waals surface area contributed by atoms with Gasteiger partial charge in [-0.3, -0.25) is 4.79 Å². The highest BCUT2D eigenvalue weighted by molar-refractivity contribution is 5.77. The van der Waals surface area contributed by atoms with Crippen molar-refractivity contribution in [3.8, 4) is 0 Å². The lowest BCUT2D eigenvalue weighted by Gasteiger charge is -2.16. The summed E-state index contributed by atoms with van der Waals surface area (Å²) < 4.78 is 0. The lowest BCUT2D eigenvalue weighted by Crippen LogP contribution is -2.33. The van der Waals surface area contributed by atoms with Gasteiger partial charge in [0, 0.05) is 12.5 Å². The minimum atomic E-state index is -0.0280. The first-order chi connectivity index (χ1) is 8.52. The molecule has 18 heavy (non-hydrogen) atoms. The normalized spacial score (nSPS) is 14.0. The second-order valence-electron chi connectivity index (χ2n) is 4.96. The number of carbonyl (C=O) groups is 1. The maximum absolute atomic E-state index is 11.8. The molecule has 0 saturated carbocycles. The molecule has 0 aliphatic heterocycles. The van der Waals surface area contributed by atoms with Gasteiger partial charge < -0.3 is 11.1 Å². The van der Waals surface area contributed by atoms with Crippen molar-refractivity contribution >= 4 is 5.91 Å². The smallest absolute Gasteiger partial charge is 0.222 e. The van der Waals surface area contributed by atoms with E-state index >= 15 is 0 Å². The number of nitrogens with two attached hydrogens (primary N) is 1. The van der Waals surface area contributed by atoms with E-state index in [9.17, 15) is 4.79 Å². The lowest BCUT2D eigenvalue weighted by atomic mass is 10.0. The minimum Gasteiger partial charge on any atom is -0.350 e. The number of hydrogen-bond donors (Lipinski definition) is 2. The fourth-order valence-corrected chi connectivity index (χ4v) is 2.03. The van der Waals surface area contributed by atoms with E-state index in [-0.39, 0.29) is 18.0 Å². The van der Waals surface area contributed by atoms with Crippen molar-refractivity contribution in [1.29, 1.82) is 0 Å². The summed E-state index contributed by atoms with van der Waals surface area (Å²) in [5, 5.41) is 2.99. The summed E-state index contributed by atoms with van der Waals surface area (Å²) >= 11 is 0. The number of aryl methyl sites for hydroxylation is 1. The van der Waals surface area contributed by atoms with Crippen LogP contribution in [0.4, 0.5) is 0 Å². The molecule has 0 aromatic heterocycles. The largest absolute Gasteiger partial charge is 0.350 e. The molecule has 0 bridgehead atoms. The molecule has 0 aliphatic carbocycles. The van der Waals surface area contributed by atoms with Gasteiger partial charge in [-0.25, -0.2) is 0 Å².